The number of aromatic nitrogens is 1. The number of likely N-dealkylation sites (N-methyl/N-ethyl adjacent to an activating group) is 1. The molecular formula is C9H12N4O3. The Morgan fingerprint density at radius 1 is 1.56 bits per heavy atom. The summed E-state index contributed by atoms with van der Waals surface area (Å²) in [6.07, 6.45) is 1.23. The molecule has 5 N–H and O–H groups in total. The maximum Gasteiger partial charge on any atom is 0.337 e. The Hall–Kier alpha value is -2.31. The Balaban J connectivity index is 3.02. The second-order valence-electron chi connectivity index (χ2n) is 3.26. The minimum atomic E-state index is -1.14. The summed E-state index contributed by atoms with van der Waals surface area (Å²) in [6, 6.07) is 1.29. The molecule has 7 heteroatoms. The minimum Gasteiger partial charge on any atom is -0.478 e. The number of pyridine rings is 1. The second kappa shape index (κ2) is 4.47. The van der Waals surface area contributed by atoms with E-state index in [4.69, 9.17) is 16.6 Å². The molecule has 16 heavy (non-hydrogen) atoms. The third-order valence-electron chi connectivity index (χ3n) is 1.93. The Labute approximate surface area is 91.7 Å². The summed E-state index contributed by atoms with van der Waals surface area (Å²) in [5, 5.41) is 8.84. The number of carbonyl (C=O) groups excluding carboxylic acids is 1. The molecule has 1 aromatic heterocycles. The number of nitrogens with two attached hydrogens (primary N) is 2. The van der Waals surface area contributed by atoms with Crippen molar-refractivity contribution in [3.63, 3.8) is 0 Å². The lowest BCUT2D eigenvalue weighted by Gasteiger charge is -2.16. The van der Waals surface area contributed by atoms with Crippen LogP contribution in [0, 0.1) is 0 Å². The molecule has 1 amide bonds. The monoisotopic (exact) mass is 224 g/mol. The van der Waals surface area contributed by atoms with Crippen LogP contribution in [0.1, 0.15) is 10.4 Å². The number of nitrogens with zero attached hydrogens (tertiary/aromatic N) is 2. The van der Waals surface area contributed by atoms with E-state index in [-0.39, 0.29) is 17.8 Å². The summed E-state index contributed by atoms with van der Waals surface area (Å²) >= 11 is 0. The van der Waals surface area contributed by atoms with E-state index < -0.39 is 11.9 Å². The van der Waals surface area contributed by atoms with E-state index in [9.17, 15) is 9.59 Å². The van der Waals surface area contributed by atoms with Gasteiger partial charge in [-0.3, -0.25) is 4.79 Å². The number of hydrogen-bond donors (Lipinski definition) is 3. The molecule has 0 radical (unpaired) electrons. The highest BCUT2D eigenvalue weighted by molar-refractivity contribution is 5.94. The van der Waals surface area contributed by atoms with Gasteiger partial charge in [-0.15, -0.1) is 0 Å². The number of primary amides is 1. The van der Waals surface area contributed by atoms with Crippen LogP contribution in [0.15, 0.2) is 12.3 Å². The Bertz CT molecular complexity index is 433. The van der Waals surface area contributed by atoms with Crippen LogP contribution < -0.4 is 16.4 Å². The van der Waals surface area contributed by atoms with Crippen LogP contribution in [0.25, 0.3) is 0 Å². The fourth-order valence-corrected chi connectivity index (χ4v) is 1.16. The van der Waals surface area contributed by atoms with Gasteiger partial charge in [0.1, 0.15) is 5.82 Å². The predicted molar refractivity (Wildman–Crippen MR) is 58.1 cm³/mol. The van der Waals surface area contributed by atoms with Gasteiger partial charge in [0.05, 0.1) is 24.0 Å². The van der Waals surface area contributed by atoms with Crippen molar-refractivity contribution < 1.29 is 14.7 Å². The van der Waals surface area contributed by atoms with Crippen LogP contribution in [-0.2, 0) is 4.79 Å². The summed E-state index contributed by atoms with van der Waals surface area (Å²) < 4.78 is 0. The number of nitrogen functional groups attached to an aromatic ring is 1. The maximum absolute atomic E-state index is 10.8. The van der Waals surface area contributed by atoms with Crippen LogP contribution in [0.4, 0.5) is 11.5 Å². The van der Waals surface area contributed by atoms with Crippen molar-refractivity contribution in [2.45, 2.75) is 0 Å². The van der Waals surface area contributed by atoms with Gasteiger partial charge in [0, 0.05) is 7.05 Å². The number of anilines is 2. The van der Waals surface area contributed by atoms with E-state index in [0.29, 0.717) is 5.82 Å². The largest absolute Gasteiger partial charge is 0.478 e. The topological polar surface area (TPSA) is 123 Å². The zero-order valence-electron chi connectivity index (χ0n) is 8.67. The first-order valence-corrected chi connectivity index (χ1v) is 4.40. The van der Waals surface area contributed by atoms with Gasteiger partial charge in [-0.1, -0.05) is 0 Å². The van der Waals surface area contributed by atoms with Gasteiger partial charge >= 0.3 is 5.97 Å². The molecule has 7 nitrogen and oxygen atoms in total. The summed E-state index contributed by atoms with van der Waals surface area (Å²) in [5.74, 6) is -1.35. The van der Waals surface area contributed by atoms with E-state index in [1.54, 1.807) is 7.05 Å². The quantitative estimate of drug-likeness (QED) is 0.620. The molecule has 1 heterocycles. The van der Waals surface area contributed by atoms with Gasteiger partial charge < -0.3 is 21.5 Å². The van der Waals surface area contributed by atoms with Gasteiger partial charge in [0.15, 0.2) is 0 Å². The highest BCUT2D eigenvalue weighted by atomic mass is 16.4. The molecule has 0 fully saturated rings. The van der Waals surface area contributed by atoms with E-state index in [2.05, 4.69) is 4.98 Å². The molecule has 0 aliphatic heterocycles. The van der Waals surface area contributed by atoms with Crippen LogP contribution in [0.3, 0.4) is 0 Å². The molecule has 0 aromatic carbocycles. The fourth-order valence-electron chi connectivity index (χ4n) is 1.16. The molecule has 0 saturated heterocycles. The van der Waals surface area contributed by atoms with E-state index >= 15 is 0 Å². The lowest BCUT2D eigenvalue weighted by Crippen LogP contribution is -2.31. The zero-order valence-corrected chi connectivity index (χ0v) is 8.67. The van der Waals surface area contributed by atoms with Gasteiger partial charge in [0.2, 0.25) is 5.91 Å². The number of carboxylic acid groups (broad SMARTS) is 1. The van der Waals surface area contributed by atoms with Crippen LogP contribution in [0.5, 0.6) is 0 Å². The molecule has 0 bridgehead atoms. The highest BCUT2D eigenvalue weighted by Crippen LogP contribution is 2.16. The van der Waals surface area contributed by atoms with E-state index in [0.717, 1.165) is 0 Å². The fraction of sp³-hybridized carbons (Fsp3) is 0.222. The molecule has 1 aromatic rings. The Morgan fingerprint density at radius 2 is 2.19 bits per heavy atom. The standard InChI is InChI=1S/C9H12N4O3/c1-13(4-7(11)14)8-2-5(9(15)16)6(10)3-12-8/h2-3H,4,10H2,1H3,(H2,11,14)(H,15,16). The molecular weight excluding hydrogens is 212 g/mol. The number of aromatic carboxylic acids is 1. The van der Waals surface area contributed by atoms with Crippen LogP contribution in [0.2, 0.25) is 0 Å². The molecule has 0 saturated carbocycles. The molecule has 0 atom stereocenters. The average Bonchev–Trinajstić information content (AvgIpc) is 2.16. The van der Waals surface area contributed by atoms with Gasteiger partial charge in [-0.05, 0) is 6.07 Å². The van der Waals surface area contributed by atoms with Crippen molar-refractivity contribution in [2.24, 2.45) is 5.73 Å². The van der Waals surface area contributed by atoms with Crippen LogP contribution in [-0.4, -0.2) is 35.6 Å². The summed E-state index contributed by atoms with van der Waals surface area (Å²) in [5.41, 5.74) is 10.5. The average molecular weight is 224 g/mol. The third kappa shape index (κ3) is 2.59. The van der Waals surface area contributed by atoms with Gasteiger partial charge in [0.25, 0.3) is 0 Å². The van der Waals surface area contributed by atoms with Crippen molar-refractivity contribution >= 4 is 23.4 Å². The maximum atomic E-state index is 10.8. The second-order valence-corrected chi connectivity index (χ2v) is 3.26. The first-order chi connectivity index (χ1) is 7.41. The minimum absolute atomic E-state index is 0.0457. The highest BCUT2D eigenvalue weighted by Gasteiger charge is 2.12. The summed E-state index contributed by atoms with van der Waals surface area (Å²) in [7, 11) is 1.58. The molecule has 0 spiro atoms. The number of amides is 1. The Morgan fingerprint density at radius 3 is 2.69 bits per heavy atom. The molecule has 0 aliphatic carbocycles. The van der Waals surface area contributed by atoms with Crippen LogP contribution >= 0.6 is 0 Å². The lowest BCUT2D eigenvalue weighted by molar-refractivity contribution is -0.116. The van der Waals surface area contributed by atoms with Crippen molar-refractivity contribution in [1.82, 2.24) is 4.98 Å². The summed E-state index contributed by atoms with van der Waals surface area (Å²) in [4.78, 5) is 26.8. The molecule has 0 aliphatic rings. The van der Waals surface area contributed by atoms with Crippen molar-refractivity contribution in [2.75, 3.05) is 24.2 Å². The van der Waals surface area contributed by atoms with Gasteiger partial charge in [-0.2, -0.15) is 0 Å². The van der Waals surface area contributed by atoms with Crippen molar-refractivity contribution in [1.29, 1.82) is 0 Å². The number of carbonyl (C=O) groups is 2. The molecule has 1 rings (SSSR count). The first-order valence-electron chi connectivity index (χ1n) is 4.40. The molecule has 86 valence electrons. The lowest BCUT2D eigenvalue weighted by atomic mass is 10.2. The first kappa shape index (κ1) is 11.8. The Kier molecular flexibility index (Phi) is 3.29. The normalized spacial score (nSPS) is 9.81. The number of carboxylic acids is 1. The number of rotatable bonds is 4. The number of hydrogen-bond acceptors (Lipinski definition) is 5. The third-order valence-corrected chi connectivity index (χ3v) is 1.93. The van der Waals surface area contributed by atoms with E-state index in [1.165, 1.54) is 17.2 Å². The summed E-state index contributed by atoms with van der Waals surface area (Å²) in [6.45, 7) is -0.0457. The SMILES string of the molecule is CN(CC(N)=O)c1cc(C(=O)O)c(N)cn1. The predicted octanol–water partition coefficient (Wildman–Crippen LogP) is -0.716. The molecule has 0 unspecified atom stereocenters. The zero-order chi connectivity index (χ0) is 12.3. The van der Waals surface area contributed by atoms with Gasteiger partial charge in [-0.25, -0.2) is 9.78 Å². The van der Waals surface area contributed by atoms with Crippen molar-refractivity contribution in [3.8, 4) is 0 Å². The smallest absolute Gasteiger partial charge is 0.337 e. The van der Waals surface area contributed by atoms with E-state index in [1.807, 2.05) is 0 Å². The van der Waals surface area contributed by atoms with Crippen molar-refractivity contribution in [3.05, 3.63) is 17.8 Å².